The molecule has 12 heavy (non-hydrogen) atoms. The van der Waals surface area contributed by atoms with Crippen LogP contribution in [0.25, 0.3) is 0 Å². The number of likely N-dealkylation sites (tertiary alicyclic amines) is 1. The fourth-order valence-electron chi connectivity index (χ4n) is 1.43. The van der Waals surface area contributed by atoms with Crippen LogP contribution in [0.15, 0.2) is 0 Å². The van der Waals surface area contributed by atoms with E-state index >= 15 is 0 Å². The summed E-state index contributed by atoms with van der Waals surface area (Å²) >= 11 is 0. The van der Waals surface area contributed by atoms with Crippen molar-refractivity contribution in [2.75, 3.05) is 26.7 Å². The highest BCUT2D eigenvalue weighted by Crippen LogP contribution is 2.19. The van der Waals surface area contributed by atoms with Gasteiger partial charge in [-0.25, -0.2) is 0 Å². The van der Waals surface area contributed by atoms with Crippen molar-refractivity contribution in [3.05, 3.63) is 0 Å². The van der Waals surface area contributed by atoms with Gasteiger partial charge in [-0.05, 0) is 6.92 Å². The van der Waals surface area contributed by atoms with Gasteiger partial charge in [0, 0.05) is 19.6 Å². The van der Waals surface area contributed by atoms with Gasteiger partial charge >= 0.3 is 5.97 Å². The van der Waals surface area contributed by atoms with Crippen LogP contribution >= 0.6 is 0 Å². The minimum absolute atomic E-state index is 0.193. The molecule has 1 heterocycles. The maximum Gasteiger partial charge on any atom is 0.306 e. The molecule has 0 aliphatic carbocycles. The summed E-state index contributed by atoms with van der Waals surface area (Å²) in [6.07, 6.45) is 0.409. The van der Waals surface area contributed by atoms with Gasteiger partial charge in [-0.15, -0.1) is 0 Å². The van der Waals surface area contributed by atoms with Crippen molar-refractivity contribution >= 4 is 5.97 Å². The third-order valence-corrected chi connectivity index (χ3v) is 1.99. The molecule has 0 bridgehead atoms. The van der Waals surface area contributed by atoms with E-state index < -0.39 is 5.60 Å². The van der Waals surface area contributed by atoms with E-state index in [1.54, 1.807) is 6.92 Å². The second-order valence-electron chi connectivity index (χ2n) is 3.53. The SMILES string of the molecule is COC(=O)CCN1CC(C)(O)C1. The summed E-state index contributed by atoms with van der Waals surface area (Å²) in [4.78, 5) is 12.7. The highest BCUT2D eigenvalue weighted by molar-refractivity contribution is 5.69. The average molecular weight is 173 g/mol. The lowest BCUT2D eigenvalue weighted by Crippen LogP contribution is -2.59. The molecule has 1 fully saturated rings. The summed E-state index contributed by atoms with van der Waals surface area (Å²) < 4.78 is 4.49. The Labute approximate surface area is 72.1 Å². The third-order valence-electron chi connectivity index (χ3n) is 1.99. The number of methoxy groups -OCH3 is 1. The number of carbonyl (C=O) groups is 1. The van der Waals surface area contributed by atoms with Gasteiger partial charge in [0.2, 0.25) is 0 Å². The molecule has 70 valence electrons. The molecule has 1 N–H and O–H groups in total. The van der Waals surface area contributed by atoms with Crippen LogP contribution in [0.1, 0.15) is 13.3 Å². The molecule has 0 aromatic heterocycles. The van der Waals surface area contributed by atoms with Crippen LogP contribution in [0.3, 0.4) is 0 Å². The molecule has 1 rings (SSSR count). The molecule has 4 nitrogen and oxygen atoms in total. The predicted octanol–water partition coefficient (Wildman–Crippen LogP) is -0.384. The maximum absolute atomic E-state index is 10.7. The lowest BCUT2D eigenvalue weighted by atomic mass is 9.97. The normalized spacial score (nSPS) is 21.6. The zero-order valence-corrected chi connectivity index (χ0v) is 7.54. The first kappa shape index (κ1) is 9.48. The summed E-state index contributed by atoms with van der Waals surface area (Å²) in [5.41, 5.74) is -0.546. The van der Waals surface area contributed by atoms with Crippen molar-refractivity contribution < 1.29 is 14.6 Å². The minimum Gasteiger partial charge on any atom is -0.469 e. The quantitative estimate of drug-likeness (QED) is 0.591. The molecular formula is C8H15NO3. The number of nitrogens with zero attached hydrogens (tertiary/aromatic N) is 1. The molecule has 0 atom stereocenters. The van der Waals surface area contributed by atoms with Crippen molar-refractivity contribution in [3.8, 4) is 0 Å². The van der Waals surface area contributed by atoms with Gasteiger partial charge in [-0.1, -0.05) is 0 Å². The van der Waals surface area contributed by atoms with Gasteiger partial charge in [-0.3, -0.25) is 9.69 Å². The molecule has 0 radical (unpaired) electrons. The van der Waals surface area contributed by atoms with Crippen LogP contribution in [0.4, 0.5) is 0 Å². The minimum atomic E-state index is -0.546. The van der Waals surface area contributed by atoms with E-state index in [-0.39, 0.29) is 5.97 Å². The Kier molecular flexibility index (Phi) is 2.69. The summed E-state index contributed by atoms with van der Waals surface area (Å²) in [7, 11) is 1.38. The molecule has 0 aromatic rings. The Hall–Kier alpha value is -0.610. The second kappa shape index (κ2) is 3.41. The van der Waals surface area contributed by atoms with E-state index in [2.05, 4.69) is 4.74 Å². The van der Waals surface area contributed by atoms with Gasteiger partial charge in [0.25, 0.3) is 0 Å². The van der Waals surface area contributed by atoms with Crippen molar-refractivity contribution in [2.24, 2.45) is 0 Å². The average Bonchev–Trinajstić information content (AvgIpc) is 1.96. The number of ether oxygens (including phenoxy) is 1. The molecule has 4 heteroatoms. The number of aliphatic hydroxyl groups is 1. The Morgan fingerprint density at radius 3 is 2.67 bits per heavy atom. The summed E-state index contributed by atoms with van der Waals surface area (Å²) in [5, 5.41) is 9.35. The van der Waals surface area contributed by atoms with Crippen LogP contribution < -0.4 is 0 Å². The first-order valence-corrected chi connectivity index (χ1v) is 4.05. The van der Waals surface area contributed by atoms with Crippen LogP contribution in [-0.2, 0) is 9.53 Å². The number of hydrogen-bond donors (Lipinski definition) is 1. The van der Waals surface area contributed by atoms with Crippen LogP contribution in [0, 0.1) is 0 Å². The summed E-state index contributed by atoms with van der Waals surface area (Å²) in [6.45, 7) is 3.79. The Morgan fingerprint density at radius 2 is 2.25 bits per heavy atom. The van der Waals surface area contributed by atoms with Crippen LogP contribution in [-0.4, -0.2) is 48.3 Å². The fourth-order valence-corrected chi connectivity index (χ4v) is 1.43. The number of carbonyl (C=O) groups excluding carboxylic acids is 1. The zero-order valence-electron chi connectivity index (χ0n) is 7.54. The smallest absolute Gasteiger partial charge is 0.306 e. The monoisotopic (exact) mass is 173 g/mol. The van der Waals surface area contributed by atoms with Crippen molar-refractivity contribution in [2.45, 2.75) is 18.9 Å². The molecule has 1 saturated heterocycles. The predicted molar refractivity (Wildman–Crippen MR) is 43.7 cm³/mol. The van der Waals surface area contributed by atoms with E-state index in [0.29, 0.717) is 26.1 Å². The summed E-state index contributed by atoms with van der Waals surface area (Å²) in [6, 6.07) is 0. The lowest BCUT2D eigenvalue weighted by molar-refractivity contribution is -0.143. The molecule has 0 spiro atoms. The first-order valence-electron chi connectivity index (χ1n) is 4.05. The van der Waals surface area contributed by atoms with Gasteiger partial charge in [0.05, 0.1) is 19.1 Å². The molecular weight excluding hydrogens is 158 g/mol. The van der Waals surface area contributed by atoms with E-state index in [4.69, 9.17) is 0 Å². The third kappa shape index (κ3) is 2.46. The first-order chi connectivity index (χ1) is 5.53. The largest absolute Gasteiger partial charge is 0.469 e. The number of β-amino-alcohol motifs (C(OH)–C–C–N with tert-alkyl or cyclic N) is 1. The molecule has 0 amide bonds. The van der Waals surface area contributed by atoms with E-state index in [1.807, 2.05) is 4.90 Å². The second-order valence-corrected chi connectivity index (χ2v) is 3.53. The van der Waals surface area contributed by atoms with Crippen molar-refractivity contribution in [3.63, 3.8) is 0 Å². The molecule has 0 aromatic carbocycles. The fraction of sp³-hybridized carbons (Fsp3) is 0.875. The van der Waals surface area contributed by atoms with E-state index in [9.17, 15) is 9.90 Å². The Bertz CT molecular complexity index is 171. The zero-order chi connectivity index (χ0) is 9.19. The highest BCUT2D eigenvalue weighted by Gasteiger charge is 2.35. The maximum atomic E-state index is 10.7. The number of hydrogen-bond acceptors (Lipinski definition) is 4. The summed E-state index contributed by atoms with van der Waals surface area (Å²) in [5.74, 6) is -0.193. The molecule has 1 aliphatic heterocycles. The van der Waals surface area contributed by atoms with Crippen molar-refractivity contribution in [1.82, 2.24) is 4.90 Å². The molecule has 0 unspecified atom stereocenters. The highest BCUT2D eigenvalue weighted by atomic mass is 16.5. The van der Waals surface area contributed by atoms with Crippen LogP contribution in [0.2, 0.25) is 0 Å². The van der Waals surface area contributed by atoms with Gasteiger partial charge in [0.15, 0.2) is 0 Å². The van der Waals surface area contributed by atoms with Crippen molar-refractivity contribution in [1.29, 1.82) is 0 Å². The van der Waals surface area contributed by atoms with Gasteiger partial charge in [0.1, 0.15) is 0 Å². The molecule has 0 saturated carbocycles. The Morgan fingerprint density at radius 1 is 1.67 bits per heavy atom. The topological polar surface area (TPSA) is 49.8 Å². The van der Waals surface area contributed by atoms with Gasteiger partial charge < -0.3 is 9.84 Å². The number of esters is 1. The van der Waals surface area contributed by atoms with Crippen LogP contribution in [0.5, 0.6) is 0 Å². The van der Waals surface area contributed by atoms with E-state index in [0.717, 1.165) is 0 Å². The lowest BCUT2D eigenvalue weighted by Gasteiger charge is -2.44. The number of rotatable bonds is 3. The van der Waals surface area contributed by atoms with E-state index in [1.165, 1.54) is 7.11 Å². The standard InChI is InChI=1S/C8H15NO3/c1-8(11)5-9(6-8)4-3-7(10)12-2/h11H,3-6H2,1-2H3. The Balaban J connectivity index is 2.08. The van der Waals surface area contributed by atoms with Gasteiger partial charge in [-0.2, -0.15) is 0 Å². The molecule has 1 aliphatic rings.